The molecule has 1 atom stereocenters. The average molecular weight is 257 g/mol. The quantitative estimate of drug-likeness (QED) is 0.834. The molecule has 4 heteroatoms. The molecular formula is C15H15NO3. The summed E-state index contributed by atoms with van der Waals surface area (Å²) in [5.41, 5.74) is 2.50. The van der Waals surface area contributed by atoms with E-state index in [1.807, 2.05) is 42.5 Å². The van der Waals surface area contributed by atoms with Gasteiger partial charge in [-0.1, -0.05) is 30.3 Å². The van der Waals surface area contributed by atoms with E-state index >= 15 is 0 Å². The maximum Gasteiger partial charge on any atom is 0.143 e. The number of hydrogen-bond donors (Lipinski definition) is 1. The number of aliphatic hydroxyl groups is 1. The number of hydrogen-bond acceptors (Lipinski definition) is 4. The van der Waals surface area contributed by atoms with Crippen molar-refractivity contribution in [1.82, 2.24) is 4.98 Å². The molecule has 1 aromatic heterocycles. The van der Waals surface area contributed by atoms with Crippen LogP contribution in [0.4, 0.5) is 0 Å². The first-order valence-electron chi connectivity index (χ1n) is 6.26. The van der Waals surface area contributed by atoms with Gasteiger partial charge in [-0.2, -0.15) is 0 Å². The summed E-state index contributed by atoms with van der Waals surface area (Å²) < 4.78 is 10.9. The molecule has 1 fully saturated rings. The lowest BCUT2D eigenvalue weighted by Crippen LogP contribution is -2.02. The Labute approximate surface area is 111 Å². The van der Waals surface area contributed by atoms with Crippen molar-refractivity contribution in [2.24, 2.45) is 0 Å². The number of benzene rings is 1. The van der Waals surface area contributed by atoms with Gasteiger partial charge in [-0.05, 0) is 17.7 Å². The van der Waals surface area contributed by atoms with Crippen LogP contribution in [0.1, 0.15) is 23.1 Å². The third-order valence-corrected chi connectivity index (χ3v) is 3.00. The molecule has 1 aliphatic heterocycles. The molecule has 0 amide bonds. The highest BCUT2D eigenvalue weighted by atomic mass is 16.6. The minimum Gasteiger partial charge on any atom is -0.487 e. The molecule has 2 aromatic rings. The Hall–Kier alpha value is -1.91. The Kier molecular flexibility index (Phi) is 3.44. The van der Waals surface area contributed by atoms with Gasteiger partial charge in [-0.15, -0.1) is 0 Å². The van der Waals surface area contributed by atoms with Gasteiger partial charge in [0.1, 0.15) is 24.2 Å². The summed E-state index contributed by atoms with van der Waals surface area (Å²) in [6, 6.07) is 13.6. The second-order valence-electron chi connectivity index (χ2n) is 4.44. The van der Waals surface area contributed by atoms with Crippen molar-refractivity contribution in [2.75, 3.05) is 6.61 Å². The van der Waals surface area contributed by atoms with Gasteiger partial charge in [-0.25, -0.2) is 4.98 Å². The molecule has 1 aromatic carbocycles. The predicted octanol–water partition coefficient (Wildman–Crippen LogP) is 2.22. The van der Waals surface area contributed by atoms with Crippen LogP contribution in [-0.4, -0.2) is 16.7 Å². The van der Waals surface area contributed by atoms with Crippen molar-refractivity contribution in [3.8, 4) is 5.75 Å². The molecule has 0 spiro atoms. The standard InChI is InChI=1S/C15H15NO3/c17-8-13-14(7-6-12(16-13)15-10-19-15)18-9-11-4-2-1-3-5-11/h1-7,15,17H,8-10H2. The Balaban J connectivity index is 1.73. The van der Waals surface area contributed by atoms with E-state index in [4.69, 9.17) is 9.47 Å². The molecule has 0 radical (unpaired) electrons. The lowest BCUT2D eigenvalue weighted by Gasteiger charge is -2.10. The van der Waals surface area contributed by atoms with Gasteiger partial charge in [0, 0.05) is 0 Å². The third-order valence-electron chi connectivity index (χ3n) is 3.00. The number of epoxide rings is 1. The van der Waals surface area contributed by atoms with Gasteiger partial charge in [0.25, 0.3) is 0 Å². The average Bonchev–Trinajstić information content (AvgIpc) is 3.30. The fraction of sp³-hybridized carbons (Fsp3) is 0.267. The van der Waals surface area contributed by atoms with Crippen LogP contribution >= 0.6 is 0 Å². The van der Waals surface area contributed by atoms with E-state index in [0.717, 1.165) is 11.3 Å². The van der Waals surface area contributed by atoms with E-state index in [9.17, 15) is 5.11 Å². The van der Waals surface area contributed by atoms with Gasteiger partial charge < -0.3 is 14.6 Å². The molecule has 0 bridgehead atoms. The highest BCUT2D eigenvalue weighted by Gasteiger charge is 2.27. The zero-order valence-electron chi connectivity index (χ0n) is 10.5. The Morgan fingerprint density at radius 3 is 2.68 bits per heavy atom. The van der Waals surface area contributed by atoms with E-state index in [1.165, 1.54) is 0 Å². The summed E-state index contributed by atoms with van der Waals surface area (Å²) >= 11 is 0. The van der Waals surface area contributed by atoms with Gasteiger partial charge in [-0.3, -0.25) is 0 Å². The van der Waals surface area contributed by atoms with Gasteiger partial charge in [0.2, 0.25) is 0 Å². The largest absolute Gasteiger partial charge is 0.487 e. The maximum atomic E-state index is 9.36. The van der Waals surface area contributed by atoms with Gasteiger partial charge in [0.15, 0.2) is 0 Å². The Morgan fingerprint density at radius 1 is 1.21 bits per heavy atom. The van der Waals surface area contributed by atoms with Crippen LogP contribution in [0, 0.1) is 0 Å². The minimum atomic E-state index is -0.134. The highest BCUT2D eigenvalue weighted by molar-refractivity contribution is 5.31. The molecule has 1 saturated heterocycles. The van der Waals surface area contributed by atoms with Gasteiger partial charge in [0.05, 0.1) is 18.9 Å². The summed E-state index contributed by atoms with van der Waals surface area (Å²) in [4.78, 5) is 4.37. The fourth-order valence-electron chi connectivity index (χ4n) is 1.88. The lowest BCUT2D eigenvalue weighted by atomic mass is 10.2. The second kappa shape index (κ2) is 5.38. The van der Waals surface area contributed by atoms with Crippen LogP contribution < -0.4 is 4.74 Å². The van der Waals surface area contributed by atoms with Crippen molar-refractivity contribution in [3.05, 3.63) is 59.4 Å². The normalized spacial score (nSPS) is 17.2. The van der Waals surface area contributed by atoms with Crippen LogP contribution in [0.3, 0.4) is 0 Å². The molecule has 0 aliphatic carbocycles. The van der Waals surface area contributed by atoms with E-state index in [-0.39, 0.29) is 12.7 Å². The van der Waals surface area contributed by atoms with Crippen molar-refractivity contribution in [1.29, 1.82) is 0 Å². The molecule has 1 N–H and O–H groups in total. The molecule has 2 heterocycles. The Morgan fingerprint density at radius 2 is 2.00 bits per heavy atom. The van der Waals surface area contributed by atoms with Crippen molar-refractivity contribution < 1.29 is 14.6 Å². The number of aromatic nitrogens is 1. The lowest BCUT2D eigenvalue weighted by molar-refractivity contribution is 0.252. The van der Waals surface area contributed by atoms with E-state index in [2.05, 4.69) is 4.98 Å². The molecule has 1 aliphatic rings. The summed E-state index contributed by atoms with van der Waals surface area (Å²) in [7, 11) is 0. The van der Waals surface area contributed by atoms with Crippen molar-refractivity contribution >= 4 is 0 Å². The topological polar surface area (TPSA) is 54.9 Å². The summed E-state index contributed by atoms with van der Waals surface area (Å²) in [6.07, 6.45) is 0.0912. The number of pyridine rings is 1. The van der Waals surface area contributed by atoms with E-state index in [1.54, 1.807) is 0 Å². The predicted molar refractivity (Wildman–Crippen MR) is 69.6 cm³/mol. The summed E-state index contributed by atoms with van der Waals surface area (Å²) in [6.45, 7) is 1.04. The first kappa shape index (κ1) is 12.1. The smallest absolute Gasteiger partial charge is 0.143 e. The maximum absolute atomic E-state index is 9.36. The molecule has 19 heavy (non-hydrogen) atoms. The molecule has 98 valence electrons. The second-order valence-corrected chi connectivity index (χ2v) is 4.44. The minimum absolute atomic E-state index is 0.0912. The van der Waals surface area contributed by atoms with Gasteiger partial charge >= 0.3 is 0 Å². The fourth-order valence-corrected chi connectivity index (χ4v) is 1.88. The first-order valence-corrected chi connectivity index (χ1v) is 6.26. The number of ether oxygens (including phenoxy) is 2. The Bertz CT molecular complexity index is 553. The molecule has 1 unspecified atom stereocenters. The molecular weight excluding hydrogens is 242 g/mol. The van der Waals surface area contributed by atoms with Crippen molar-refractivity contribution in [2.45, 2.75) is 19.3 Å². The van der Waals surface area contributed by atoms with E-state index < -0.39 is 0 Å². The first-order chi connectivity index (χ1) is 9.36. The number of aliphatic hydroxyl groups excluding tert-OH is 1. The number of nitrogens with zero attached hydrogens (tertiary/aromatic N) is 1. The monoisotopic (exact) mass is 257 g/mol. The van der Waals surface area contributed by atoms with E-state index in [0.29, 0.717) is 24.7 Å². The SMILES string of the molecule is OCc1nc(C2CO2)ccc1OCc1ccccc1. The summed E-state index contributed by atoms with van der Waals surface area (Å²) in [5, 5.41) is 9.36. The van der Waals surface area contributed by atoms with Crippen LogP contribution in [0.15, 0.2) is 42.5 Å². The zero-order chi connectivity index (χ0) is 13.1. The zero-order valence-corrected chi connectivity index (χ0v) is 10.5. The summed E-state index contributed by atoms with van der Waals surface area (Å²) in [5.74, 6) is 0.621. The molecule has 3 rings (SSSR count). The van der Waals surface area contributed by atoms with Crippen LogP contribution in [0.25, 0.3) is 0 Å². The van der Waals surface area contributed by atoms with Crippen LogP contribution in [0.5, 0.6) is 5.75 Å². The van der Waals surface area contributed by atoms with Crippen LogP contribution in [0.2, 0.25) is 0 Å². The third kappa shape index (κ3) is 2.92. The molecule has 0 saturated carbocycles. The van der Waals surface area contributed by atoms with Crippen LogP contribution in [-0.2, 0) is 18.0 Å². The number of rotatable bonds is 5. The molecule has 4 nitrogen and oxygen atoms in total. The highest BCUT2D eigenvalue weighted by Crippen LogP contribution is 2.30. The van der Waals surface area contributed by atoms with Crippen molar-refractivity contribution in [3.63, 3.8) is 0 Å².